The van der Waals surface area contributed by atoms with Gasteiger partial charge in [-0.15, -0.1) is 0 Å². The number of anilines is 1. The van der Waals surface area contributed by atoms with Crippen LogP contribution in [0.3, 0.4) is 0 Å². The molecule has 1 rings (SSSR count). The van der Waals surface area contributed by atoms with Gasteiger partial charge in [0.2, 0.25) is 10.0 Å². The number of hydrogen-bond acceptors (Lipinski definition) is 3. The fourth-order valence-electron chi connectivity index (χ4n) is 1.55. The molecule has 0 heterocycles. The quantitative estimate of drug-likeness (QED) is 0.821. The first-order chi connectivity index (χ1) is 8.65. The number of halogens is 2. The van der Waals surface area contributed by atoms with E-state index in [1.54, 1.807) is 6.92 Å². The molecule has 0 amide bonds. The van der Waals surface area contributed by atoms with Gasteiger partial charge in [0.1, 0.15) is 4.90 Å². The molecular formula is C12H18ClFN2O2S. The van der Waals surface area contributed by atoms with E-state index in [4.69, 9.17) is 17.3 Å². The van der Waals surface area contributed by atoms with Crippen molar-refractivity contribution in [1.29, 1.82) is 0 Å². The fraction of sp³-hybridized carbons (Fsp3) is 0.500. The molecule has 108 valence electrons. The van der Waals surface area contributed by atoms with Gasteiger partial charge in [-0.3, -0.25) is 0 Å². The Morgan fingerprint density at radius 2 is 1.89 bits per heavy atom. The summed E-state index contributed by atoms with van der Waals surface area (Å²) < 4.78 is 40.8. The second kappa shape index (κ2) is 5.64. The van der Waals surface area contributed by atoms with Gasteiger partial charge in [-0.05, 0) is 31.9 Å². The first-order valence-electron chi connectivity index (χ1n) is 5.93. The molecule has 0 aliphatic carbocycles. The molecule has 0 unspecified atom stereocenters. The zero-order valence-corrected chi connectivity index (χ0v) is 12.7. The van der Waals surface area contributed by atoms with Gasteiger partial charge in [-0.2, -0.15) is 0 Å². The minimum absolute atomic E-state index is 0.0778. The van der Waals surface area contributed by atoms with E-state index in [1.165, 1.54) is 6.07 Å². The molecule has 0 spiro atoms. The summed E-state index contributed by atoms with van der Waals surface area (Å²) in [6.45, 7) is 5.47. The summed E-state index contributed by atoms with van der Waals surface area (Å²) in [7, 11) is -4.01. The van der Waals surface area contributed by atoms with Crippen LogP contribution in [0.25, 0.3) is 0 Å². The van der Waals surface area contributed by atoms with Crippen molar-refractivity contribution in [2.75, 3.05) is 5.73 Å². The molecule has 0 bridgehead atoms. The largest absolute Gasteiger partial charge is 0.396 e. The van der Waals surface area contributed by atoms with Crippen molar-refractivity contribution in [3.8, 4) is 0 Å². The van der Waals surface area contributed by atoms with Crippen LogP contribution < -0.4 is 10.5 Å². The van der Waals surface area contributed by atoms with Crippen LogP contribution in [0, 0.1) is 5.82 Å². The van der Waals surface area contributed by atoms with Crippen molar-refractivity contribution in [3.63, 3.8) is 0 Å². The van der Waals surface area contributed by atoms with E-state index in [0.717, 1.165) is 6.07 Å². The third-order valence-corrected chi connectivity index (χ3v) is 5.12. The lowest BCUT2D eigenvalue weighted by Gasteiger charge is -2.28. The molecule has 0 aliphatic heterocycles. The van der Waals surface area contributed by atoms with Crippen LogP contribution in [-0.2, 0) is 10.0 Å². The molecule has 1 aromatic rings. The van der Waals surface area contributed by atoms with Crippen molar-refractivity contribution in [1.82, 2.24) is 4.72 Å². The Kier molecular flexibility index (Phi) is 4.81. The molecule has 19 heavy (non-hydrogen) atoms. The van der Waals surface area contributed by atoms with Crippen molar-refractivity contribution in [2.45, 2.75) is 44.0 Å². The van der Waals surface area contributed by atoms with Crippen LogP contribution in [0.15, 0.2) is 17.0 Å². The Hall–Kier alpha value is -0.850. The Balaban J connectivity index is 3.29. The lowest BCUT2D eigenvalue weighted by atomic mass is 9.98. The van der Waals surface area contributed by atoms with E-state index in [-0.39, 0.29) is 10.7 Å². The summed E-state index contributed by atoms with van der Waals surface area (Å²) in [6.07, 6.45) is 1.17. The van der Waals surface area contributed by atoms with Crippen LogP contribution in [0.2, 0.25) is 5.02 Å². The molecule has 0 saturated carbocycles. The summed E-state index contributed by atoms with van der Waals surface area (Å²) in [5, 5.41) is 0.0778. The molecule has 1 aromatic carbocycles. The number of nitrogens with two attached hydrogens (primary N) is 1. The highest BCUT2D eigenvalue weighted by atomic mass is 35.5. The third kappa shape index (κ3) is 3.58. The van der Waals surface area contributed by atoms with Crippen molar-refractivity contribution in [3.05, 3.63) is 23.0 Å². The van der Waals surface area contributed by atoms with Gasteiger partial charge < -0.3 is 5.73 Å². The Morgan fingerprint density at radius 1 is 1.37 bits per heavy atom. The molecule has 0 saturated heterocycles. The summed E-state index contributed by atoms with van der Waals surface area (Å²) in [5.74, 6) is -0.980. The average Bonchev–Trinajstić information content (AvgIpc) is 2.32. The highest BCUT2D eigenvalue weighted by Crippen LogP contribution is 2.27. The van der Waals surface area contributed by atoms with E-state index >= 15 is 0 Å². The van der Waals surface area contributed by atoms with Crippen LogP contribution in [-0.4, -0.2) is 14.0 Å². The van der Waals surface area contributed by atoms with Crippen LogP contribution in [0.4, 0.5) is 10.1 Å². The number of rotatable bonds is 5. The highest BCUT2D eigenvalue weighted by Gasteiger charge is 2.30. The van der Waals surface area contributed by atoms with E-state index in [0.29, 0.717) is 12.8 Å². The zero-order chi connectivity index (χ0) is 14.8. The Bertz CT molecular complexity index is 571. The number of nitrogens with one attached hydrogen (secondary N) is 1. The molecule has 0 radical (unpaired) electrons. The zero-order valence-electron chi connectivity index (χ0n) is 11.1. The van der Waals surface area contributed by atoms with E-state index in [9.17, 15) is 12.8 Å². The molecule has 0 aromatic heterocycles. The molecular weight excluding hydrogens is 291 g/mol. The summed E-state index contributed by atoms with van der Waals surface area (Å²) in [4.78, 5) is -0.523. The molecule has 7 heteroatoms. The van der Waals surface area contributed by atoms with Crippen molar-refractivity contribution >= 4 is 27.3 Å². The maximum Gasteiger partial charge on any atom is 0.244 e. The first-order valence-corrected chi connectivity index (χ1v) is 7.80. The van der Waals surface area contributed by atoms with Crippen LogP contribution in [0.5, 0.6) is 0 Å². The number of sulfonamides is 1. The maximum absolute atomic E-state index is 13.9. The van der Waals surface area contributed by atoms with Crippen LogP contribution in [0.1, 0.15) is 33.6 Å². The summed E-state index contributed by atoms with van der Waals surface area (Å²) >= 11 is 5.73. The Morgan fingerprint density at radius 3 is 2.37 bits per heavy atom. The van der Waals surface area contributed by atoms with Gasteiger partial charge in [-0.25, -0.2) is 17.5 Å². The molecule has 4 nitrogen and oxygen atoms in total. The lowest BCUT2D eigenvalue weighted by molar-refractivity contribution is 0.387. The first kappa shape index (κ1) is 16.2. The highest BCUT2D eigenvalue weighted by molar-refractivity contribution is 7.89. The predicted octanol–water partition coefficient (Wildman–Crippen LogP) is 2.92. The van der Waals surface area contributed by atoms with Crippen LogP contribution >= 0.6 is 11.6 Å². The van der Waals surface area contributed by atoms with Gasteiger partial charge >= 0.3 is 0 Å². The second-order valence-electron chi connectivity index (χ2n) is 4.68. The minimum Gasteiger partial charge on any atom is -0.396 e. The Labute approximate surface area is 118 Å². The maximum atomic E-state index is 13.9. The van der Waals surface area contributed by atoms with E-state index in [2.05, 4.69) is 4.72 Å². The average molecular weight is 309 g/mol. The number of nitrogen functional groups attached to an aromatic ring is 1. The monoisotopic (exact) mass is 308 g/mol. The SMILES string of the molecule is CCC(C)(CC)NS(=O)(=O)c1cc(Cl)cc(N)c1F. The minimum atomic E-state index is -4.01. The number of hydrogen-bond donors (Lipinski definition) is 2. The van der Waals surface area contributed by atoms with Crippen molar-refractivity contribution < 1.29 is 12.8 Å². The van der Waals surface area contributed by atoms with Gasteiger partial charge in [0.25, 0.3) is 0 Å². The standard InChI is InChI=1S/C12H18ClFN2O2S/c1-4-12(3,5-2)16-19(17,18)10-7-8(13)6-9(15)11(10)14/h6-7,16H,4-5,15H2,1-3H3. The number of benzene rings is 1. The third-order valence-electron chi connectivity index (χ3n) is 3.26. The van der Waals surface area contributed by atoms with Gasteiger partial charge in [-0.1, -0.05) is 25.4 Å². The van der Waals surface area contributed by atoms with E-state index in [1.807, 2.05) is 13.8 Å². The second-order valence-corrected chi connectivity index (χ2v) is 6.77. The lowest BCUT2D eigenvalue weighted by Crippen LogP contribution is -2.45. The summed E-state index contributed by atoms with van der Waals surface area (Å²) in [6, 6.07) is 2.23. The van der Waals surface area contributed by atoms with Gasteiger partial charge in [0.05, 0.1) is 5.69 Å². The topological polar surface area (TPSA) is 72.2 Å². The fourth-order valence-corrected chi connectivity index (χ4v) is 3.53. The van der Waals surface area contributed by atoms with Crippen molar-refractivity contribution in [2.24, 2.45) is 0 Å². The molecule has 0 aliphatic rings. The molecule has 3 N–H and O–H groups in total. The predicted molar refractivity (Wildman–Crippen MR) is 75.1 cm³/mol. The van der Waals surface area contributed by atoms with Gasteiger partial charge in [0.15, 0.2) is 5.82 Å². The van der Waals surface area contributed by atoms with Gasteiger partial charge in [0, 0.05) is 10.6 Å². The normalized spacial score (nSPS) is 12.7. The summed E-state index contributed by atoms with van der Waals surface area (Å²) in [5.41, 5.74) is 4.47. The van der Waals surface area contributed by atoms with E-state index < -0.39 is 26.3 Å². The molecule has 0 fully saturated rings. The smallest absolute Gasteiger partial charge is 0.244 e. The molecule has 0 atom stereocenters.